The quantitative estimate of drug-likeness (QED) is 0.828. The summed E-state index contributed by atoms with van der Waals surface area (Å²) in [4.78, 5) is 1.34. The minimum Gasteiger partial charge on any atom is -0.323 e. The summed E-state index contributed by atoms with van der Waals surface area (Å²) in [6.45, 7) is 0. The van der Waals surface area contributed by atoms with Gasteiger partial charge in [-0.2, -0.15) is 0 Å². The van der Waals surface area contributed by atoms with E-state index in [9.17, 15) is 0 Å². The highest BCUT2D eigenvalue weighted by atomic mass is 79.9. The van der Waals surface area contributed by atoms with Crippen LogP contribution in [0.1, 0.15) is 55.9 Å². The van der Waals surface area contributed by atoms with Gasteiger partial charge in [-0.1, -0.05) is 32.1 Å². The first-order valence-electron chi connectivity index (χ1n) is 6.27. The van der Waals surface area contributed by atoms with E-state index < -0.39 is 0 Å². The molecule has 2 N–H and O–H groups in total. The molecule has 1 aliphatic rings. The molecule has 0 radical (unpaired) electrons. The van der Waals surface area contributed by atoms with Gasteiger partial charge in [0.25, 0.3) is 0 Å². The van der Waals surface area contributed by atoms with Crippen LogP contribution in [-0.2, 0) is 0 Å². The fourth-order valence-corrected chi connectivity index (χ4v) is 4.34. The maximum Gasteiger partial charge on any atom is 0.0429 e. The second-order valence-corrected chi connectivity index (χ2v) is 6.57. The van der Waals surface area contributed by atoms with Gasteiger partial charge in [-0.15, -0.1) is 11.3 Å². The lowest BCUT2D eigenvalue weighted by atomic mass is 9.85. The van der Waals surface area contributed by atoms with Gasteiger partial charge in [0.1, 0.15) is 0 Å². The van der Waals surface area contributed by atoms with Crippen LogP contribution in [0.2, 0.25) is 0 Å². The molecule has 1 nitrogen and oxygen atoms in total. The summed E-state index contributed by atoms with van der Waals surface area (Å²) in [5.74, 6) is 0.690. The van der Waals surface area contributed by atoms with E-state index in [1.165, 1.54) is 54.3 Å². The maximum atomic E-state index is 6.42. The van der Waals surface area contributed by atoms with Crippen LogP contribution in [-0.4, -0.2) is 0 Å². The molecule has 0 aliphatic heterocycles. The second kappa shape index (κ2) is 6.18. The summed E-state index contributed by atoms with van der Waals surface area (Å²) < 4.78 is 1.20. The zero-order valence-corrected chi connectivity index (χ0v) is 12.0. The van der Waals surface area contributed by atoms with E-state index >= 15 is 0 Å². The largest absolute Gasteiger partial charge is 0.323 e. The fourth-order valence-electron chi connectivity index (χ4n) is 2.60. The van der Waals surface area contributed by atoms with Crippen LogP contribution in [0.5, 0.6) is 0 Å². The van der Waals surface area contributed by atoms with Gasteiger partial charge in [-0.05, 0) is 46.1 Å². The van der Waals surface area contributed by atoms with E-state index in [1.807, 2.05) is 0 Å². The van der Waals surface area contributed by atoms with Gasteiger partial charge in [0, 0.05) is 15.4 Å². The molecule has 16 heavy (non-hydrogen) atoms. The lowest BCUT2D eigenvalue weighted by Gasteiger charge is -2.25. The Morgan fingerprint density at radius 2 is 1.81 bits per heavy atom. The fraction of sp³-hybridized carbons (Fsp3) is 0.692. The molecule has 1 heterocycles. The SMILES string of the molecule is NC(c1sccc1Br)C1CCCCCCC1. The van der Waals surface area contributed by atoms with Crippen molar-refractivity contribution in [2.75, 3.05) is 0 Å². The van der Waals surface area contributed by atoms with Crippen molar-refractivity contribution in [2.45, 2.75) is 51.0 Å². The van der Waals surface area contributed by atoms with Gasteiger partial charge >= 0.3 is 0 Å². The topological polar surface area (TPSA) is 26.0 Å². The third kappa shape index (κ3) is 3.08. The molecular weight excluding hydrogens is 282 g/mol. The molecule has 1 aromatic heterocycles. The van der Waals surface area contributed by atoms with Crippen molar-refractivity contribution in [1.82, 2.24) is 0 Å². The smallest absolute Gasteiger partial charge is 0.0429 e. The summed E-state index contributed by atoms with van der Waals surface area (Å²) in [5, 5.41) is 2.13. The van der Waals surface area contributed by atoms with Crippen molar-refractivity contribution in [1.29, 1.82) is 0 Å². The average molecular weight is 302 g/mol. The number of hydrogen-bond acceptors (Lipinski definition) is 2. The van der Waals surface area contributed by atoms with E-state index in [-0.39, 0.29) is 6.04 Å². The third-order valence-corrected chi connectivity index (χ3v) is 5.58. The van der Waals surface area contributed by atoms with Gasteiger partial charge in [0.2, 0.25) is 0 Å². The Balaban J connectivity index is 2.02. The molecule has 1 unspecified atom stereocenters. The molecule has 1 aromatic rings. The second-order valence-electron chi connectivity index (χ2n) is 4.76. The van der Waals surface area contributed by atoms with Crippen molar-refractivity contribution in [3.63, 3.8) is 0 Å². The van der Waals surface area contributed by atoms with Crippen molar-refractivity contribution < 1.29 is 0 Å². The van der Waals surface area contributed by atoms with Crippen molar-refractivity contribution in [3.8, 4) is 0 Å². The molecule has 1 aliphatic carbocycles. The first kappa shape index (κ1) is 12.6. The lowest BCUT2D eigenvalue weighted by Crippen LogP contribution is -2.21. The molecule has 0 spiro atoms. The van der Waals surface area contributed by atoms with Crippen molar-refractivity contribution in [2.24, 2.45) is 11.7 Å². The number of rotatable bonds is 2. The Kier molecular flexibility index (Phi) is 4.86. The third-order valence-electron chi connectivity index (χ3n) is 3.61. The average Bonchev–Trinajstić information content (AvgIpc) is 2.63. The van der Waals surface area contributed by atoms with Gasteiger partial charge in [-0.25, -0.2) is 0 Å². The van der Waals surface area contributed by atoms with Gasteiger partial charge in [-0.3, -0.25) is 0 Å². The van der Waals surface area contributed by atoms with Crippen LogP contribution in [0.25, 0.3) is 0 Å². The zero-order chi connectivity index (χ0) is 11.4. The van der Waals surface area contributed by atoms with E-state index in [4.69, 9.17) is 5.73 Å². The van der Waals surface area contributed by atoms with Crippen LogP contribution in [0.15, 0.2) is 15.9 Å². The molecule has 1 fully saturated rings. The highest BCUT2D eigenvalue weighted by Gasteiger charge is 2.22. The molecule has 0 bridgehead atoms. The lowest BCUT2D eigenvalue weighted by molar-refractivity contribution is 0.330. The van der Waals surface area contributed by atoms with Crippen LogP contribution in [0.3, 0.4) is 0 Å². The summed E-state index contributed by atoms with van der Waals surface area (Å²) in [7, 11) is 0. The highest BCUT2D eigenvalue weighted by Crippen LogP contribution is 2.36. The Labute approximate surface area is 111 Å². The molecule has 1 atom stereocenters. The zero-order valence-electron chi connectivity index (χ0n) is 9.62. The monoisotopic (exact) mass is 301 g/mol. The Bertz CT molecular complexity index is 315. The Morgan fingerprint density at radius 3 is 2.38 bits per heavy atom. The van der Waals surface area contributed by atoms with Crippen molar-refractivity contribution >= 4 is 27.3 Å². The van der Waals surface area contributed by atoms with Crippen LogP contribution >= 0.6 is 27.3 Å². The molecule has 90 valence electrons. The molecule has 1 saturated carbocycles. The Hall–Kier alpha value is 0.140. The number of thiophene rings is 1. The molecule has 3 heteroatoms. The number of hydrogen-bond donors (Lipinski definition) is 1. The predicted octanol–water partition coefficient (Wildman–Crippen LogP) is 4.87. The molecule has 0 aromatic carbocycles. The number of nitrogens with two attached hydrogens (primary N) is 1. The van der Waals surface area contributed by atoms with Gasteiger partial charge in [0.05, 0.1) is 0 Å². The molecule has 2 rings (SSSR count). The van der Waals surface area contributed by atoms with Gasteiger partial charge < -0.3 is 5.73 Å². The van der Waals surface area contributed by atoms with E-state index in [1.54, 1.807) is 11.3 Å². The standard InChI is InChI=1S/C13H20BrNS/c14-11-8-9-16-13(11)12(15)10-6-4-2-1-3-5-7-10/h8-10,12H,1-7,15H2. The summed E-state index contributed by atoms with van der Waals surface area (Å²) in [6, 6.07) is 2.36. The molecular formula is C13H20BrNS. The molecule has 0 saturated heterocycles. The van der Waals surface area contributed by atoms with Crippen LogP contribution in [0.4, 0.5) is 0 Å². The maximum absolute atomic E-state index is 6.42. The highest BCUT2D eigenvalue weighted by molar-refractivity contribution is 9.10. The van der Waals surface area contributed by atoms with Gasteiger partial charge in [0.15, 0.2) is 0 Å². The number of halogens is 1. The first-order chi connectivity index (χ1) is 7.79. The van der Waals surface area contributed by atoms with Crippen LogP contribution < -0.4 is 5.73 Å². The predicted molar refractivity (Wildman–Crippen MR) is 74.8 cm³/mol. The minimum atomic E-state index is 0.243. The minimum absolute atomic E-state index is 0.243. The first-order valence-corrected chi connectivity index (χ1v) is 7.95. The normalized spacial score (nSPS) is 21.4. The van der Waals surface area contributed by atoms with E-state index in [2.05, 4.69) is 27.4 Å². The summed E-state index contributed by atoms with van der Waals surface area (Å²) in [6.07, 6.45) is 9.56. The van der Waals surface area contributed by atoms with Crippen LogP contribution in [0, 0.1) is 5.92 Å². The van der Waals surface area contributed by atoms with E-state index in [0.717, 1.165) is 0 Å². The summed E-state index contributed by atoms with van der Waals surface area (Å²) in [5.41, 5.74) is 6.42. The van der Waals surface area contributed by atoms with Crippen molar-refractivity contribution in [3.05, 3.63) is 20.8 Å². The molecule has 0 amide bonds. The summed E-state index contributed by atoms with van der Waals surface area (Å²) >= 11 is 5.39. The van der Waals surface area contributed by atoms with E-state index in [0.29, 0.717) is 5.92 Å². The Morgan fingerprint density at radius 1 is 1.19 bits per heavy atom.